The molecule has 21 heterocycles. The summed E-state index contributed by atoms with van der Waals surface area (Å²) in [4.78, 5) is 180. The van der Waals surface area contributed by atoms with Crippen LogP contribution in [0.25, 0.3) is 33.5 Å². The monoisotopic (exact) mass is 2160 g/mol. The summed E-state index contributed by atoms with van der Waals surface area (Å²) >= 11 is 32.1. The van der Waals surface area contributed by atoms with Crippen LogP contribution in [0.2, 0.25) is 0 Å². The molecule has 6 unspecified atom stereocenters. The number of thioether (sulfide) groups is 2. The largest absolute Gasteiger partial charge is 0.389 e. The first-order valence-electron chi connectivity index (χ1n) is 39.2. The van der Waals surface area contributed by atoms with E-state index in [9.17, 15) is 68.0 Å². The highest BCUT2D eigenvalue weighted by Gasteiger charge is 2.59. The first-order chi connectivity index (χ1) is 63.9. The Hall–Kier alpha value is -6.64. The number of nitrogens with one attached hydrogen (secondary N) is 3. The number of alkyl halides is 4. The third kappa shape index (κ3) is 19.1. The molecule has 726 valence electrons. The van der Waals surface area contributed by atoms with Gasteiger partial charge in [0.2, 0.25) is 17.8 Å². The molecule has 21 rings (SSSR count). The number of thiol groups is 1. The van der Waals surface area contributed by atoms with Crippen molar-refractivity contribution in [2.45, 2.75) is 163 Å². The number of imidazole rings is 5. The average molecular weight is 2160 g/mol. The van der Waals surface area contributed by atoms with Crippen molar-refractivity contribution in [2.75, 3.05) is 56.8 Å². The Morgan fingerprint density at radius 3 is 1.19 bits per heavy atom. The number of nitrogen functional groups attached to an aromatic ring is 3. The number of fused-ring (bicyclic) bond motifs is 15. The van der Waals surface area contributed by atoms with Crippen LogP contribution in [0.15, 0.2) is 61.0 Å². The van der Waals surface area contributed by atoms with Gasteiger partial charge in [-0.05, 0) is 59.0 Å². The molecule has 12 aliphatic heterocycles. The van der Waals surface area contributed by atoms with Gasteiger partial charge < -0.3 is 93.4 Å². The number of hydrogen-bond acceptors (Lipinski definition) is 48. The predicted octanol–water partition coefficient (Wildman–Crippen LogP) is 1.52. The van der Waals surface area contributed by atoms with Gasteiger partial charge in [0.25, 0.3) is 16.7 Å². The zero-order chi connectivity index (χ0) is 95.5. The Kier molecular flexibility index (Phi) is 26.9. The molecular weight excluding hydrogens is 2090 g/mol. The number of nitrogens with two attached hydrogens (primary N) is 3. The van der Waals surface area contributed by atoms with Crippen molar-refractivity contribution in [3.05, 3.63) is 79.8 Å². The molecule has 0 amide bonds. The number of aliphatic imine (C=N–C) groups is 3. The van der Waals surface area contributed by atoms with Crippen molar-refractivity contribution in [1.29, 1.82) is 0 Å². The molecule has 12 aliphatic rings. The minimum atomic E-state index is -4.52. The van der Waals surface area contributed by atoms with Gasteiger partial charge in [-0.3, -0.25) is 98.2 Å². The van der Waals surface area contributed by atoms with Crippen molar-refractivity contribution in [1.82, 2.24) is 92.7 Å². The summed E-state index contributed by atoms with van der Waals surface area (Å²) in [6.45, 7) is -29.2. The molecule has 30 atom stereocenters. The van der Waals surface area contributed by atoms with Gasteiger partial charge in [-0.2, -0.15) is 19.6 Å². The van der Waals surface area contributed by atoms with E-state index in [4.69, 9.17) is 149 Å². The van der Waals surface area contributed by atoms with E-state index in [1.54, 1.807) is 0 Å². The van der Waals surface area contributed by atoms with Crippen LogP contribution in [-0.4, -0.2) is 311 Å². The molecule has 0 radical (unpaired) electrons. The zero-order valence-corrected chi connectivity index (χ0v) is 79.1. The van der Waals surface area contributed by atoms with Crippen molar-refractivity contribution >= 4 is 240 Å². The van der Waals surface area contributed by atoms with Crippen molar-refractivity contribution in [3.8, 4) is 0 Å². The number of aromatic nitrogens is 19. The molecule has 0 saturated carbocycles. The fourth-order valence-corrected chi connectivity index (χ4v) is 27.9. The van der Waals surface area contributed by atoms with Crippen LogP contribution in [0.4, 0.5) is 52.9 Å². The van der Waals surface area contributed by atoms with Crippen LogP contribution in [0, 0.1) is 0 Å². The van der Waals surface area contributed by atoms with Crippen LogP contribution < -0.4 is 33.9 Å². The van der Waals surface area contributed by atoms with Gasteiger partial charge in [-0.15, -0.1) is 28.6 Å². The number of carbonyl (C=O) groups excluding carboxylic acids is 3. The molecule has 6 bridgehead atoms. The van der Waals surface area contributed by atoms with Gasteiger partial charge >= 0.3 is 40.4 Å². The van der Waals surface area contributed by atoms with Crippen LogP contribution in [0.3, 0.4) is 0 Å². The molecule has 9 saturated heterocycles. The maximum absolute atomic E-state index is 16.0. The number of halogens is 4. The number of aromatic amines is 3. The summed E-state index contributed by atoms with van der Waals surface area (Å²) in [6.07, 6.45) is -21.7. The second-order valence-corrected chi connectivity index (χ2v) is 50.2. The normalized spacial score (nSPS) is 38.8. The number of hydrogen-bond donors (Lipinski definition) is 14. The van der Waals surface area contributed by atoms with E-state index in [0.29, 0.717) is 0 Å². The quantitative estimate of drug-likeness (QED) is 0.0637. The highest BCUT2D eigenvalue weighted by Crippen LogP contribution is 2.63. The summed E-state index contributed by atoms with van der Waals surface area (Å²) in [6, 6.07) is 0. The second-order valence-electron chi connectivity index (χ2n) is 30.7. The smallest absolute Gasteiger partial charge is 0.386 e. The number of rotatable bonds is 6. The van der Waals surface area contributed by atoms with Gasteiger partial charge in [0.05, 0.1) is 94.0 Å². The highest BCUT2D eigenvalue weighted by molar-refractivity contribution is 8.44. The lowest BCUT2D eigenvalue weighted by Crippen LogP contribution is -2.35. The Balaban J connectivity index is 0.000000130. The van der Waals surface area contributed by atoms with Gasteiger partial charge in [0, 0.05) is 37.9 Å². The Morgan fingerprint density at radius 2 is 0.756 bits per heavy atom. The third-order valence-corrected chi connectivity index (χ3v) is 34.6. The second kappa shape index (κ2) is 37.3. The molecule has 0 aliphatic carbocycles. The fraction of sp³-hybridized carbons (Fsp3) is 0.532. The highest BCUT2D eigenvalue weighted by atomic mass is 32.7. The van der Waals surface area contributed by atoms with E-state index in [1.807, 2.05) is 0 Å². The number of ether oxygens (including phenoxy) is 4. The van der Waals surface area contributed by atoms with E-state index in [2.05, 4.69) is 92.4 Å². The topological polar surface area (TPSA) is 730 Å². The number of H-pyrrole nitrogens is 3. The molecule has 9 fully saturated rings. The third-order valence-electron chi connectivity index (χ3n) is 22.1. The molecule has 9 aromatic heterocycles. The number of ketones is 3. The molecule has 0 spiro atoms. The molecule has 55 nitrogen and oxygen atoms in total. The first kappa shape index (κ1) is 97.2. The SMILES string of the molecule is Nc1nc2c(ncn2[C@@H]2O[C@@H]3COP(O)(=S)O[C@H]4[C@H](F)[C@H](n5nnc6c5N=CCC6=O)O[C@@H]4COP(=O)(S)O[C@@H]2[C@@H]3F)c(=O)[nH]1.Nc1nc2c(ncn2[C@@H]2S[C@@H]3COP(O)(=S)O[C@H]4[C@H](F)[C@H](n5cnc6c5N=CCC6=O)O[C@@H]4COP(O)(=S)O[C@@H]2[C@@H]3O)c(=O)[nH]1.Nc1nc2c(ncn2[C@@H]2S[C@@H]3COP(O)(=S)O[C@H]4[C@H](F)[C@H](n5cnc6c5N=CCC6=O)O[C@@H]4COP(O)(=S)O[C@@H]2[C@@H]3O)c(=O)[nH]1. The van der Waals surface area contributed by atoms with Gasteiger partial charge in [0.1, 0.15) is 71.8 Å². The summed E-state index contributed by atoms with van der Waals surface area (Å²) in [5.74, 6) is -1.59. The molecule has 16 N–H and O–H groups in total. The van der Waals surface area contributed by atoms with Gasteiger partial charge in [0.15, 0.2) is 135 Å². The molecular formula is C62H67F4N25O30P6S8. The number of aliphatic hydroxyl groups is 2. The van der Waals surface area contributed by atoms with E-state index < -0.39 is 247 Å². The standard InChI is InChI=1S/2C21H23FN8O10P2S3.C20H21F2N9O10P2S2/c2*22-10-14-8(38-19(10)29-5-25-11-7(31)1-2-24-16(11)29)3-36-41(34,43)40-15-13(32)9(4-37-42(35,44)39-14)45-20(15)30-6-26-12-17(30)27-21(23)28-18(12)33;21-9-7-3-36-42(34,44)40-13-8(39-18(10(13)22)31-15-11(28-29-31)6(32)1-2-24-15)4-37-43(35,45)41-14(9)19(38-7)30-5-25-12-16(30)26-20(23)27-17(12)33/h2*2,5-6,8-10,13-15,19-20,32H,1,3-4H2,(H,34,43)(H,35,44)(H3,23,27,28,33);2,5,7-10,13-14,18-19H,1,3-4H2,(H,34,44)(H,35,45)(H3,23,26,27,33)/t2*8-,9-,10+,13-,14-,15-,19-,20-,41?,42?;7-,8-,9-,10+,13-,14-,18-,19-,42?,43?/m111/s1. The Labute approximate surface area is 786 Å². The molecule has 135 heavy (non-hydrogen) atoms. The van der Waals surface area contributed by atoms with E-state index in [1.165, 1.54) is 62.2 Å². The van der Waals surface area contributed by atoms with Crippen LogP contribution in [0.1, 0.15) is 86.4 Å². The summed E-state index contributed by atoms with van der Waals surface area (Å²) in [5, 5.41) is 26.5. The summed E-state index contributed by atoms with van der Waals surface area (Å²) in [5.41, 5.74) is 15.0. The fourth-order valence-electron chi connectivity index (χ4n) is 16.0. The Bertz CT molecular complexity index is 6260. The first-order valence-corrected chi connectivity index (χ1v) is 56.7. The van der Waals surface area contributed by atoms with E-state index in [0.717, 1.165) is 39.1 Å². The van der Waals surface area contributed by atoms with E-state index in [-0.39, 0.29) is 117 Å². The van der Waals surface area contributed by atoms with Crippen molar-refractivity contribution in [3.63, 3.8) is 0 Å². The van der Waals surface area contributed by atoms with Crippen molar-refractivity contribution < 1.29 is 144 Å². The number of aliphatic hydroxyl groups excluding tert-OH is 2. The Morgan fingerprint density at radius 1 is 0.415 bits per heavy atom. The number of carbonyl (C=O) groups is 3. The number of Topliss-reactive ketones (excluding diaryl/α,β-unsaturated/α-hetero) is 3. The maximum Gasteiger partial charge on any atom is 0.386 e. The number of anilines is 3. The van der Waals surface area contributed by atoms with Gasteiger partial charge in [-0.25, -0.2) is 62.0 Å². The maximum atomic E-state index is 16.0. The molecule has 73 heteroatoms. The minimum Gasteiger partial charge on any atom is -0.389 e. The average Bonchev–Trinajstić information content (AvgIpc) is 1.62. The van der Waals surface area contributed by atoms with Crippen LogP contribution >= 0.6 is 76.2 Å². The number of nitrogens with zero attached hydrogens (tertiary/aromatic N) is 19. The minimum absolute atomic E-state index is 0.0211. The van der Waals surface area contributed by atoms with E-state index >= 15 is 17.6 Å². The zero-order valence-electron chi connectivity index (χ0n) is 67.1. The lowest BCUT2D eigenvalue weighted by atomic mass is 10.1. The van der Waals surface area contributed by atoms with Crippen molar-refractivity contribution in [2.24, 2.45) is 15.0 Å². The summed E-state index contributed by atoms with van der Waals surface area (Å²) in [7, 11) is 0. The molecule has 9 aromatic rings. The van der Waals surface area contributed by atoms with Gasteiger partial charge in [-0.1, -0.05) is 17.5 Å². The lowest BCUT2D eigenvalue weighted by Gasteiger charge is -2.28. The van der Waals surface area contributed by atoms with Crippen LogP contribution in [0.5, 0.6) is 0 Å². The summed E-state index contributed by atoms with van der Waals surface area (Å²) < 4.78 is 175. The van der Waals surface area contributed by atoms with Crippen LogP contribution in [-0.2, 0) is 137 Å². The molecule has 0 aromatic carbocycles. The lowest BCUT2D eigenvalue weighted by molar-refractivity contribution is -0.0600. The predicted molar refractivity (Wildman–Crippen MR) is 476 cm³/mol.